The average Bonchev–Trinajstić information content (AvgIpc) is 2.36. The molecule has 1 aromatic carbocycles. The fourth-order valence-corrected chi connectivity index (χ4v) is 3.13. The number of rotatable bonds is 5. The van der Waals surface area contributed by atoms with Crippen molar-refractivity contribution in [3.63, 3.8) is 0 Å². The summed E-state index contributed by atoms with van der Waals surface area (Å²) in [5.41, 5.74) is 0.613. The van der Waals surface area contributed by atoms with Crippen molar-refractivity contribution in [1.82, 2.24) is 0 Å². The Hall–Kier alpha value is -0.850. The van der Waals surface area contributed by atoms with Crippen LogP contribution < -0.4 is 0 Å². The van der Waals surface area contributed by atoms with Crippen LogP contribution in [0.5, 0.6) is 0 Å². The smallest absolute Gasteiger partial charge is 0.0684 e. The van der Waals surface area contributed by atoms with Crippen LogP contribution >= 0.6 is 11.6 Å². The molecule has 0 heterocycles. The van der Waals surface area contributed by atoms with E-state index in [0.29, 0.717) is 17.2 Å². The zero-order valence-electron chi connectivity index (χ0n) is 10.9. The summed E-state index contributed by atoms with van der Waals surface area (Å²) >= 11 is 5.82. The number of nitriles is 1. The lowest BCUT2D eigenvalue weighted by molar-refractivity contribution is 0.478. The maximum atomic E-state index is 12.2. The predicted octanol–water partition coefficient (Wildman–Crippen LogP) is 4.09. The van der Waals surface area contributed by atoms with Gasteiger partial charge in [0.1, 0.15) is 0 Å². The monoisotopic (exact) mass is 283 g/mol. The molecule has 0 spiro atoms. The van der Waals surface area contributed by atoms with Crippen LogP contribution in [0.1, 0.15) is 38.0 Å². The fourth-order valence-electron chi connectivity index (χ4n) is 1.47. The van der Waals surface area contributed by atoms with Gasteiger partial charge >= 0.3 is 0 Å². The number of halogens is 1. The van der Waals surface area contributed by atoms with Crippen molar-refractivity contribution < 1.29 is 4.21 Å². The third-order valence-electron chi connectivity index (χ3n) is 2.96. The lowest BCUT2D eigenvalue weighted by Gasteiger charge is -2.17. The van der Waals surface area contributed by atoms with Crippen molar-refractivity contribution in [2.45, 2.75) is 32.4 Å². The second-order valence-corrected chi connectivity index (χ2v) is 7.34. The Morgan fingerprint density at radius 1 is 1.39 bits per heavy atom. The van der Waals surface area contributed by atoms with Crippen LogP contribution in [0.3, 0.4) is 0 Å². The first-order valence-electron chi connectivity index (χ1n) is 5.89. The molecular weight excluding hydrogens is 266 g/mol. The minimum Gasteiger partial charge on any atom is -0.259 e. The van der Waals surface area contributed by atoms with E-state index >= 15 is 0 Å². The maximum Gasteiger partial charge on any atom is 0.0684 e. The molecule has 0 unspecified atom stereocenters. The van der Waals surface area contributed by atoms with Crippen molar-refractivity contribution in [3.8, 4) is 6.07 Å². The summed E-state index contributed by atoms with van der Waals surface area (Å²) in [4.78, 5) is 0. The van der Waals surface area contributed by atoms with Gasteiger partial charge in [0.2, 0.25) is 0 Å². The van der Waals surface area contributed by atoms with E-state index in [-0.39, 0.29) is 5.25 Å². The second kappa shape index (κ2) is 6.36. The number of hydrogen-bond donors (Lipinski definition) is 0. The van der Waals surface area contributed by atoms with Crippen molar-refractivity contribution in [3.05, 3.63) is 34.9 Å². The number of nitrogens with zero attached hydrogens (tertiary/aromatic N) is 1. The van der Waals surface area contributed by atoms with Gasteiger partial charge < -0.3 is 0 Å². The Morgan fingerprint density at radius 2 is 1.94 bits per heavy atom. The van der Waals surface area contributed by atoms with E-state index in [2.05, 4.69) is 6.07 Å². The maximum absolute atomic E-state index is 12.2. The van der Waals surface area contributed by atoms with Gasteiger partial charge in [-0.05, 0) is 44.9 Å². The molecule has 4 heteroatoms. The highest BCUT2D eigenvalue weighted by atomic mass is 35.5. The first-order chi connectivity index (χ1) is 8.35. The van der Waals surface area contributed by atoms with Gasteiger partial charge in [0, 0.05) is 21.6 Å². The Bertz CT molecular complexity index is 462. The van der Waals surface area contributed by atoms with Gasteiger partial charge in [-0.3, -0.25) is 4.21 Å². The van der Waals surface area contributed by atoms with Gasteiger partial charge in [0.05, 0.1) is 16.7 Å². The van der Waals surface area contributed by atoms with Gasteiger partial charge in [0.25, 0.3) is 0 Å². The van der Waals surface area contributed by atoms with Crippen LogP contribution in [-0.4, -0.2) is 9.96 Å². The lowest BCUT2D eigenvalue weighted by atomic mass is 9.93. The highest BCUT2D eigenvalue weighted by Crippen LogP contribution is 2.25. The summed E-state index contributed by atoms with van der Waals surface area (Å²) in [6.07, 6.45) is 0.647. The highest BCUT2D eigenvalue weighted by Gasteiger charge is 2.20. The quantitative estimate of drug-likeness (QED) is 0.817. The molecule has 0 aliphatic heterocycles. The summed E-state index contributed by atoms with van der Waals surface area (Å²) in [6, 6.07) is 9.66. The normalized spacial score (nSPS) is 14.8. The predicted molar refractivity (Wildman–Crippen MR) is 76.9 cm³/mol. The minimum atomic E-state index is -0.965. The van der Waals surface area contributed by atoms with Crippen molar-refractivity contribution in [2.24, 2.45) is 5.41 Å². The Balaban J connectivity index is 2.63. The molecule has 0 radical (unpaired) electrons. The van der Waals surface area contributed by atoms with E-state index < -0.39 is 16.2 Å². The lowest BCUT2D eigenvalue weighted by Crippen LogP contribution is -2.15. The number of benzene rings is 1. The van der Waals surface area contributed by atoms with Crippen molar-refractivity contribution >= 4 is 22.4 Å². The van der Waals surface area contributed by atoms with Gasteiger partial charge in [0.15, 0.2) is 0 Å². The summed E-state index contributed by atoms with van der Waals surface area (Å²) in [6.45, 7) is 5.69. The fraction of sp³-hybridized carbons (Fsp3) is 0.500. The molecule has 0 aromatic heterocycles. The molecule has 0 bridgehead atoms. The molecule has 1 rings (SSSR count). The van der Waals surface area contributed by atoms with Crippen molar-refractivity contribution in [1.29, 1.82) is 5.26 Å². The van der Waals surface area contributed by atoms with Gasteiger partial charge in [-0.1, -0.05) is 23.7 Å². The molecule has 0 saturated heterocycles. The third kappa shape index (κ3) is 4.44. The molecule has 0 aliphatic carbocycles. The molecule has 0 fully saturated rings. The largest absolute Gasteiger partial charge is 0.259 e. The van der Waals surface area contributed by atoms with E-state index in [1.165, 1.54) is 0 Å². The SMILES string of the molecule is C[C@@H](c1ccc(Cl)cc1)[S@@](=O)CCC(C)(C)C#N. The molecule has 2 nitrogen and oxygen atoms in total. The van der Waals surface area contributed by atoms with E-state index in [1.54, 1.807) is 0 Å². The van der Waals surface area contributed by atoms with E-state index in [9.17, 15) is 4.21 Å². The summed E-state index contributed by atoms with van der Waals surface area (Å²) in [5.74, 6) is 0.546. The van der Waals surface area contributed by atoms with Crippen LogP contribution in [-0.2, 0) is 10.8 Å². The van der Waals surface area contributed by atoms with Gasteiger partial charge in [-0.2, -0.15) is 5.26 Å². The molecular formula is C14H18ClNOS. The van der Waals surface area contributed by atoms with Crippen molar-refractivity contribution in [2.75, 3.05) is 5.75 Å². The van der Waals surface area contributed by atoms with E-state index in [1.807, 2.05) is 45.0 Å². The molecule has 0 N–H and O–H groups in total. The molecule has 0 amide bonds. The molecule has 1 aromatic rings. The Labute approximate surface area is 116 Å². The van der Waals surface area contributed by atoms with Crippen LogP contribution in [0.15, 0.2) is 24.3 Å². The molecule has 98 valence electrons. The zero-order chi connectivity index (χ0) is 13.8. The number of hydrogen-bond acceptors (Lipinski definition) is 2. The first-order valence-corrected chi connectivity index (χ1v) is 7.65. The zero-order valence-corrected chi connectivity index (χ0v) is 12.5. The Kier molecular flexibility index (Phi) is 5.37. The second-order valence-electron chi connectivity index (χ2n) is 5.02. The molecule has 2 atom stereocenters. The molecule has 0 aliphatic rings. The third-order valence-corrected chi connectivity index (χ3v) is 4.88. The average molecular weight is 284 g/mol. The van der Waals surface area contributed by atoms with E-state index in [0.717, 1.165) is 5.56 Å². The van der Waals surface area contributed by atoms with Crippen LogP contribution in [0.2, 0.25) is 5.02 Å². The molecule has 18 heavy (non-hydrogen) atoms. The van der Waals surface area contributed by atoms with E-state index in [4.69, 9.17) is 16.9 Å². The van der Waals surface area contributed by atoms with Gasteiger partial charge in [-0.15, -0.1) is 0 Å². The standard InChI is InChI=1S/C14H18ClNOS/c1-11(12-4-6-13(15)7-5-12)18(17)9-8-14(2,3)10-16/h4-7,11H,8-9H2,1-3H3/t11-,18-/m0/s1. The summed E-state index contributed by atoms with van der Waals surface area (Å²) < 4.78 is 12.2. The van der Waals surface area contributed by atoms with Crippen LogP contribution in [0, 0.1) is 16.7 Å². The molecule has 0 saturated carbocycles. The summed E-state index contributed by atoms with van der Waals surface area (Å²) in [5, 5.41) is 9.58. The first kappa shape index (κ1) is 15.2. The van der Waals surface area contributed by atoms with Crippen LogP contribution in [0.4, 0.5) is 0 Å². The summed E-state index contributed by atoms with van der Waals surface area (Å²) in [7, 11) is -0.965. The Morgan fingerprint density at radius 3 is 2.44 bits per heavy atom. The van der Waals surface area contributed by atoms with Crippen LogP contribution in [0.25, 0.3) is 0 Å². The topological polar surface area (TPSA) is 40.9 Å². The van der Waals surface area contributed by atoms with Gasteiger partial charge in [-0.25, -0.2) is 0 Å². The highest BCUT2D eigenvalue weighted by molar-refractivity contribution is 7.85. The minimum absolute atomic E-state index is 0.0308.